The molecule has 0 aromatic heterocycles. The fourth-order valence-corrected chi connectivity index (χ4v) is 4.75. The molecule has 0 saturated carbocycles. The summed E-state index contributed by atoms with van der Waals surface area (Å²) in [7, 11) is -0.432. The lowest BCUT2D eigenvalue weighted by atomic mass is 9.97. The second-order valence-corrected chi connectivity index (χ2v) is 8.49. The molecule has 3 rings (SSSR count). The quantitative estimate of drug-likeness (QED) is 0.800. The maximum atomic E-state index is 12.7. The molecule has 150 valence electrons. The zero-order valence-electron chi connectivity index (χ0n) is 15.9. The summed E-state index contributed by atoms with van der Waals surface area (Å²) in [6.45, 7) is 0.641. The summed E-state index contributed by atoms with van der Waals surface area (Å²) in [4.78, 5) is 12.9. The summed E-state index contributed by atoms with van der Waals surface area (Å²) in [5, 5.41) is 2.88. The van der Waals surface area contributed by atoms with E-state index in [1.807, 2.05) is 0 Å². The van der Waals surface area contributed by atoms with Gasteiger partial charge in [0.15, 0.2) is 11.5 Å². The number of anilines is 1. The van der Waals surface area contributed by atoms with Gasteiger partial charge in [-0.1, -0.05) is 18.2 Å². The number of carbonyl (C=O) groups is 1. The Bertz CT molecular complexity index is 923. The largest absolute Gasteiger partial charge is 0.493 e. The number of nitrogens with one attached hydrogen (secondary N) is 1. The van der Waals surface area contributed by atoms with Gasteiger partial charge in [0, 0.05) is 30.8 Å². The molecule has 0 bridgehead atoms. The van der Waals surface area contributed by atoms with Gasteiger partial charge in [0.2, 0.25) is 15.9 Å². The first-order valence-electron chi connectivity index (χ1n) is 9.04. The second kappa shape index (κ2) is 8.62. The summed E-state index contributed by atoms with van der Waals surface area (Å²) < 4.78 is 37.3. The van der Waals surface area contributed by atoms with Crippen LogP contribution in [0.4, 0.5) is 5.69 Å². The Morgan fingerprint density at radius 3 is 2.25 bits per heavy atom. The monoisotopic (exact) mass is 404 g/mol. The first-order valence-corrected chi connectivity index (χ1v) is 10.5. The molecular weight excluding hydrogens is 380 g/mol. The van der Waals surface area contributed by atoms with Gasteiger partial charge in [0.05, 0.1) is 19.1 Å². The van der Waals surface area contributed by atoms with Gasteiger partial charge in [-0.2, -0.15) is 4.31 Å². The molecule has 0 radical (unpaired) electrons. The van der Waals surface area contributed by atoms with Crippen molar-refractivity contribution in [2.75, 3.05) is 32.6 Å². The van der Waals surface area contributed by atoms with Crippen molar-refractivity contribution >= 4 is 21.6 Å². The minimum absolute atomic E-state index is 0.121. The van der Waals surface area contributed by atoms with Crippen molar-refractivity contribution < 1.29 is 22.7 Å². The molecule has 28 heavy (non-hydrogen) atoms. The van der Waals surface area contributed by atoms with Gasteiger partial charge in [-0.3, -0.25) is 4.79 Å². The number of carbonyl (C=O) groups excluding carboxylic acids is 1. The number of ether oxygens (including phenoxy) is 2. The lowest BCUT2D eigenvalue weighted by Gasteiger charge is -2.30. The molecule has 1 aliphatic rings. The average molecular weight is 404 g/mol. The van der Waals surface area contributed by atoms with E-state index >= 15 is 0 Å². The van der Waals surface area contributed by atoms with Crippen molar-refractivity contribution in [2.45, 2.75) is 17.7 Å². The van der Waals surface area contributed by atoms with Gasteiger partial charge in [-0.25, -0.2) is 8.42 Å². The van der Waals surface area contributed by atoms with Crippen LogP contribution < -0.4 is 14.8 Å². The summed E-state index contributed by atoms with van der Waals surface area (Å²) in [5.41, 5.74) is 0.613. The van der Waals surface area contributed by atoms with Gasteiger partial charge in [-0.15, -0.1) is 0 Å². The van der Waals surface area contributed by atoms with Crippen LogP contribution in [0.3, 0.4) is 0 Å². The average Bonchev–Trinajstić information content (AvgIpc) is 2.74. The van der Waals surface area contributed by atoms with Crippen LogP contribution in [0.1, 0.15) is 12.8 Å². The van der Waals surface area contributed by atoms with Gasteiger partial charge >= 0.3 is 0 Å². The van der Waals surface area contributed by atoms with Crippen LogP contribution in [-0.2, 0) is 14.8 Å². The van der Waals surface area contributed by atoms with E-state index in [9.17, 15) is 13.2 Å². The highest BCUT2D eigenvalue weighted by Crippen LogP contribution is 2.30. The lowest BCUT2D eigenvalue weighted by Crippen LogP contribution is -2.41. The third-order valence-electron chi connectivity index (χ3n) is 4.86. The number of rotatable bonds is 6. The van der Waals surface area contributed by atoms with Gasteiger partial charge in [-0.05, 0) is 37.1 Å². The number of amides is 1. The standard InChI is InChI=1S/C20H24N2O5S/c1-26-18-9-8-16(14-19(18)27-2)21-20(23)15-10-12-22(13-11-15)28(24,25)17-6-4-3-5-7-17/h3-9,14-15H,10-13H2,1-2H3,(H,21,23). The van der Waals surface area contributed by atoms with E-state index in [-0.39, 0.29) is 16.7 Å². The Labute approximate surface area is 165 Å². The molecule has 1 heterocycles. The molecule has 1 fully saturated rings. The maximum absolute atomic E-state index is 12.7. The van der Waals surface area contributed by atoms with Crippen molar-refractivity contribution in [2.24, 2.45) is 5.92 Å². The fraction of sp³-hybridized carbons (Fsp3) is 0.350. The molecular formula is C20H24N2O5S. The number of benzene rings is 2. The van der Waals surface area contributed by atoms with Crippen LogP contribution in [0.5, 0.6) is 11.5 Å². The summed E-state index contributed by atoms with van der Waals surface area (Å²) in [6.07, 6.45) is 0.955. The highest BCUT2D eigenvalue weighted by molar-refractivity contribution is 7.89. The van der Waals surface area contributed by atoms with Gasteiger partial charge in [0.1, 0.15) is 0 Å². The van der Waals surface area contributed by atoms with E-state index in [1.165, 1.54) is 11.4 Å². The van der Waals surface area contributed by atoms with E-state index in [0.29, 0.717) is 43.1 Å². The maximum Gasteiger partial charge on any atom is 0.243 e. The fourth-order valence-electron chi connectivity index (χ4n) is 3.26. The van der Waals surface area contributed by atoms with E-state index in [2.05, 4.69) is 5.32 Å². The van der Waals surface area contributed by atoms with Crippen molar-refractivity contribution in [1.29, 1.82) is 0 Å². The summed E-state index contributed by atoms with van der Waals surface area (Å²) in [5.74, 6) is 0.753. The van der Waals surface area contributed by atoms with Gasteiger partial charge < -0.3 is 14.8 Å². The van der Waals surface area contributed by atoms with Crippen LogP contribution in [0.2, 0.25) is 0 Å². The number of hydrogen-bond acceptors (Lipinski definition) is 5. The Morgan fingerprint density at radius 2 is 1.64 bits per heavy atom. The minimum atomic E-state index is -3.52. The van der Waals surface area contributed by atoms with Crippen LogP contribution in [-0.4, -0.2) is 45.9 Å². The normalized spacial score (nSPS) is 15.8. The van der Waals surface area contributed by atoms with Crippen LogP contribution >= 0.6 is 0 Å². The predicted molar refractivity (Wildman–Crippen MR) is 106 cm³/mol. The molecule has 0 atom stereocenters. The molecule has 1 saturated heterocycles. The van der Waals surface area contributed by atoms with Crippen molar-refractivity contribution in [1.82, 2.24) is 4.31 Å². The molecule has 1 amide bonds. The Morgan fingerprint density at radius 1 is 1.00 bits per heavy atom. The summed E-state index contributed by atoms with van der Waals surface area (Å²) >= 11 is 0. The number of nitrogens with zero attached hydrogens (tertiary/aromatic N) is 1. The third-order valence-corrected chi connectivity index (χ3v) is 6.77. The van der Waals surface area contributed by atoms with E-state index in [1.54, 1.807) is 55.6 Å². The highest BCUT2D eigenvalue weighted by Gasteiger charge is 2.32. The van der Waals surface area contributed by atoms with E-state index < -0.39 is 10.0 Å². The number of hydrogen-bond donors (Lipinski definition) is 1. The number of sulfonamides is 1. The Balaban J connectivity index is 1.61. The molecule has 2 aromatic rings. The molecule has 1 N–H and O–H groups in total. The first-order chi connectivity index (χ1) is 13.5. The lowest BCUT2D eigenvalue weighted by molar-refractivity contribution is -0.120. The minimum Gasteiger partial charge on any atom is -0.493 e. The molecule has 8 heteroatoms. The third kappa shape index (κ3) is 4.28. The van der Waals surface area contributed by atoms with Crippen LogP contribution in [0.25, 0.3) is 0 Å². The SMILES string of the molecule is COc1ccc(NC(=O)C2CCN(S(=O)(=O)c3ccccc3)CC2)cc1OC. The molecule has 7 nitrogen and oxygen atoms in total. The second-order valence-electron chi connectivity index (χ2n) is 6.55. The zero-order valence-corrected chi connectivity index (χ0v) is 16.7. The summed E-state index contributed by atoms with van der Waals surface area (Å²) in [6, 6.07) is 13.5. The number of piperidine rings is 1. The van der Waals surface area contributed by atoms with Crippen molar-refractivity contribution in [3.63, 3.8) is 0 Å². The smallest absolute Gasteiger partial charge is 0.243 e. The van der Waals surface area contributed by atoms with Crippen molar-refractivity contribution in [3.8, 4) is 11.5 Å². The first kappa shape index (κ1) is 20.2. The van der Waals surface area contributed by atoms with Crippen LogP contribution in [0, 0.1) is 5.92 Å². The topological polar surface area (TPSA) is 84.9 Å². The predicted octanol–water partition coefficient (Wildman–Crippen LogP) is 2.74. The Hall–Kier alpha value is -2.58. The molecule has 0 unspecified atom stereocenters. The zero-order chi connectivity index (χ0) is 20.1. The molecule has 0 aliphatic carbocycles. The van der Waals surface area contributed by atoms with E-state index in [4.69, 9.17) is 9.47 Å². The van der Waals surface area contributed by atoms with Crippen molar-refractivity contribution in [3.05, 3.63) is 48.5 Å². The van der Waals surface area contributed by atoms with Gasteiger partial charge in [0.25, 0.3) is 0 Å². The Kier molecular flexibility index (Phi) is 6.21. The highest BCUT2D eigenvalue weighted by atomic mass is 32.2. The van der Waals surface area contributed by atoms with Crippen LogP contribution in [0.15, 0.2) is 53.4 Å². The molecule has 0 spiro atoms. The number of methoxy groups -OCH3 is 2. The molecule has 2 aromatic carbocycles. The van der Waals surface area contributed by atoms with E-state index in [0.717, 1.165) is 0 Å². The molecule has 1 aliphatic heterocycles.